The van der Waals surface area contributed by atoms with Gasteiger partial charge in [-0.05, 0) is 50.3 Å². The van der Waals surface area contributed by atoms with E-state index in [1.165, 1.54) is 5.56 Å². The standard InChI is InChI=1S/C16H27NO/c1-15(2,3)11-14(17)12-7-9-13(10-8-12)18-16(4,5)6/h7-10,14H,11,17H2,1-6H3. The van der Waals surface area contributed by atoms with Crippen LogP contribution in [-0.2, 0) is 0 Å². The average molecular weight is 249 g/mol. The summed E-state index contributed by atoms with van der Waals surface area (Å²) in [6.07, 6.45) is 0.979. The molecule has 1 aromatic rings. The second-order valence-corrected chi connectivity index (χ2v) is 7.15. The molecule has 102 valence electrons. The molecule has 2 N–H and O–H groups in total. The summed E-state index contributed by atoms with van der Waals surface area (Å²) in [4.78, 5) is 0. The normalized spacial score (nSPS) is 14.4. The summed E-state index contributed by atoms with van der Waals surface area (Å²) < 4.78 is 5.80. The smallest absolute Gasteiger partial charge is 0.120 e. The number of rotatable bonds is 3. The fourth-order valence-corrected chi connectivity index (χ4v) is 1.91. The molecule has 0 radical (unpaired) electrons. The van der Waals surface area contributed by atoms with Crippen LogP contribution in [0.3, 0.4) is 0 Å². The van der Waals surface area contributed by atoms with Gasteiger partial charge < -0.3 is 10.5 Å². The number of benzene rings is 1. The second kappa shape index (κ2) is 5.31. The van der Waals surface area contributed by atoms with Crippen molar-refractivity contribution in [3.05, 3.63) is 29.8 Å². The van der Waals surface area contributed by atoms with Crippen LogP contribution in [0.4, 0.5) is 0 Å². The van der Waals surface area contributed by atoms with Crippen LogP contribution < -0.4 is 10.5 Å². The summed E-state index contributed by atoms with van der Waals surface area (Å²) in [5.41, 5.74) is 7.48. The molecular weight excluding hydrogens is 222 g/mol. The Morgan fingerprint density at radius 3 is 1.89 bits per heavy atom. The molecule has 0 amide bonds. The lowest BCUT2D eigenvalue weighted by atomic mass is 9.86. The third kappa shape index (κ3) is 5.54. The monoisotopic (exact) mass is 249 g/mol. The Balaban J connectivity index is 2.71. The Bertz CT molecular complexity index is 368. The second-order valence-electron chi connectivity index (χ2n) is 7.15. The fraction of sp³-hybridized carbons (Fsp3) is 0.625. The van der Waals surface area contributed by atoms with Crippen molar-refractivity contribution in [1.29, 1.82) is 0 Å². The Hall–Kier alpha value is -1.02. The van der Waals surface area contributed by atoms with Gasteiger partial charge in [0.05, 0.1) is 0 Å². The molecule has 0 fully saturated rings. The Morgan fingerprint density at radius 2 is 1.50 bits per heavy atom. The highest BCUT2D eigenvalue weighted by Crippen LogP contribution is 2.29. The first-order valence-corrected chi connectivity index (χ1v) is 6.61. The zero-order valence-electron chi connectivity index (χ0n) is 12.6. The first-order valence-electron chi connectivity index (χ1n) is 6.61. The van der Waals surface area contributed by atoms with E-state index in [0.29, 0.717) is 0 Å². The zero-order chi connectivity index (χ0) is 14.0. The minimum atomic E-state index is -0.158. The summed E-state index contributed by atoms with van der Waals surface area (Å²) in [5.74, 6) is 0.897. The van der Waals surface area contributed by atoms with E-state index >= 15 is 0 Å². The van der Waals surface area contributed by atoms with Crippen molar-refractivity contribution in [2.45, 2.75) is 59.6 Å². The lowest BCUT2D eigenvalue weighted by molar-refractivity contribution is 0.131. The summed E-state index contributed by atoms with van der Waals surface area (Å²) in [5, 5.41) is 0. The first-order chi connectivity index (χ1) is 8.07. The van der Waals surface area contributed by atoms with E-state index in [1.807, 2.05) is 32.9 Å². The Morgan fingerprint density at radius 1 is 1.00 bits per heavy atom. The summed E-state index contributed by atoms with van der Waals surface area (Å²) in [7, 11) is 0. The molecule has 0 aliphatic heterocycles. The van der Waals surface area contributed by atoms with Crippen LogP contribution in [0.15, 0.2) is 24.3 Å². The third-order valence-corrected chi connectivity index (χ3v) is 2.56. The van der Waals surface area contributed by atoms with Gasteiger partial charge in [-0.3, -0.25) is 0 Å². The summed E-state index contributed by atoms with van der Waals surface area (Å²) >= 11 is 0. The maximum Gasteiger partial charge on any atom is 0.120 e. The molecule has 0 aliphatic rings. The summed E-state index contributed by atoms with van der Waals surface area (Å²) in [6.45, 7) is 12.8. The molecule has 1 aromatic carbocycles. The topological polar surface area (TPSA) is 35.2 Å². The van der Waals surface area contributed by atoms with Gasteiger partial charge in [0.15, 0.2) is 0 Å². The minimum Gasteiger partial charge on any atom is -0.488 e. The van der Waals surface area contributed by atoms with Crippen LogP contribution in [0.5, 0.6) is 5.75 Å². The van der Waals surface area contributed by atoms with E-state index in [4.69, 9.17) is 10.5 Å². The van der Waals surface area contributed by atoms with E-state index in [9.17, 15) is 0 Å². The van der Waals surface area contributed by atoms with E-state index in [1.54, 1.807) is 0 Å². The van der Waals surface area contributed by atoms with Crippen LogP contribution in [-0.4, -0.2) is 5.60 Å². The third-order valence-electron chi connectivity index (χ3n) is 2.56. The van der Waals surface area contributed by atoms with Gasteiger partial charge in [-0.1, -0.05) is 32.9 Å². The number of hydrogen-bond donors (Lipinski definition) is 1. The van der Waals surface area contributed by atoms with Gasteiger partial charge in [-0.2, -0.15) is 0 Å². The highest BCUT2D eigenvalue weighted by Gasteiger charge is 2.17. The number of hydrogen-bond acceptors (Lipinski definition) is 2. The molecule has 1 rings (SSSR count). The van der Waals surface area contributed by atoms with Crippen molar-refractivity contribution in [3.63, 3.8) is 0 Å². The van der Waals surface area contributed by atoms with Gasteiger partial charge >= 0.3 is 0 Å². The van der Waals surface area contributed by atoms with Crippen LogP contribution in [0, 0.1) is 5.41 Å². The minimum absolute atomic E-state index is 0.0914. The molecule has 1 unspecified atom stereocenters. The molecule has 2 nitrogen and oxygen atoms in total. The highest BCUT2D eigenvalue weighted by molar-refractivity contribution is 5.29. The molecule has 0 saturated carbocycles. The van der Waals surface area contributed by atoms with E-state index < -0.39 is 0 Å². The van der Waals surface area contributed by atoms with E-state index in [-0.39, 0.29) is 17.1 Å². The van der Waals surface area contributed by atoms with E-state index in [2.05, 4.69) is 32.9 Å². The van der Waals surface area contributed by atoms with Crippen LogP contribution in [0.1, 0.15) is 59.6 Å². The van der Waals surface area contributed by atoms with Crippen molar-refractivity contribution in [2.24, 2.45) is 11.1 Å². The zero-order valence-corrected chi connectivity index (χ0v) is 12.6. The quantitative estimate of drug-likeness (QED) is 0.866. The van der Waals surface area contributed by atoms with Crippen LogP contribution >= 0.6 is 0 Å². The first kappa shape index (κ1) is 15.0. The predicted molar refractivity (Wildman–Crippen MR) is 77.8 cm³/mol. The Kier molecular flexibility index (Phi) is 4.44. The van der Waals surface area contributed by atoms with Gasteiger partial charge in [0.25, 0.3) is 0 Å². The maximum atomic E-state index is 6.22. The van der Waals surface area contributed by atoms with Crippen molar-refractivity contribution >= 4 is 0 Å². The van der Waals surface area contributed by atoms with Gasteiger partial charge in [-0.15, -0.1) is 0 Å². The highest BCUT2D eigenvalue weighted by atomic mass is 16.5. The summed E-state index contributed by atoms with van der Waals surface area (Å²) in [6, 6.07) is 8.23. The van der Waals surface area contributed by atoms with Crippen molar-refractivity contribution in [2.75, 3.05) is 0 Å². The maximum absolute atomic E-state index is 6.22. The molecular formula is C16H27NO. The SMILES string of the molecule is CC(C)(C)CC(N)c1ccc(OC(C)(C)C)cc1. The van der Waals surface area contributed by atoms with Gasteiger partial charge in [0, 0.05) is 6.04 Å². The molecule has 0 heterocycles. The fourth-order valence-electron chi connectivity index (χ4n) is 1.91. The Labute approximate surface area is 112 Å². The van der Waals surface area contributed by atoms with Gasteiger partial charge in [-0.25, -0.2) is 0 Å². The van der Waals surface area contributed by atoms with E-state index in [0.717, 1.165) is 12.2 Å². The molecule has 0 aromatic heterocycles. The van der Waals surface area contributed by atoms with Crippen LogP contribution in [0.25, 0.3) is 0 Å². The lowest BCUT2D eigenvalue weighted by Gasteiger charge is -2.24. The van der Waals surface area contributed by atoms with Crippen LogP contribution in [0.2, 0.25) is 0 Å². The molecule has 2 heteroatoms. The number of nitrogens with two attached hydrogens (primary N) is 1. The molecule has 0 aliphatic carbocycles. The molecule has 0 spiro atoms. The largest absolute Gasteiger partial charge is 0.488 e. The van der Waals surface area contributed by atoms with Crippen molar-refractivity contribution < 1.29 is 4.74 Å². The molecule has 18 heavy (non-hydrogen) atoms. The molecule has 0 bridgehead atoms. The molecule has 1 atom stereocenters. The number of ether oxygens (including phenoxy) is 1. The van der Waals surface area contributed by atoms with Crippen molar-refractivity contribution in [3.8, 4) is 5.75 Å². The average Bonchev–Trinajstić information content (AvgIpc) is 2.13. The molecule has 0 saturated heterocycles. The van der Waals surface area contributed by atoms with Crippen molar-refractivity contribution in [1.82, 2.24) is 0 Å². The predicted octanol–water partition coefficient (Wildman–Crippen LogP) is 4.30. The van der Waals surface area contributed by atoms with Gasteiger partial charge in [0.2, 0.25) is 0 Å². The van der Waals surface area contributed by atoms with Gasteiger partial charge in [0.1, 0.15) is 11.4 Å². The lowest BCUT2D eigenvalue weighted by Crippen LogP contribution is -2.23.